The molecule has 140 valence electrons. The largest absolute Gasteiger partial charge is 0.492 e. The maximum atomic E-state index is 13.1. The zero-order valence-corrected chi connectivity index (χ0v) is 15.8. The first-order valence-corrected chi connectivity index (χ1v) is 9.33. The van der Waals surface area contributed by atoms with E-state index in [1.165, 1.54) is 16.8 Å². The molecule has 0 bridgehead atoms. The molecule has 3 aromatic rings. The second-order valence-electron chi connectivity index (χ2n) is 5.24. The van der Waals surface area contributed by atoms with Gasteiger partial charge in [-0.1, -0.05) is 35.5 Å². The molecule has 1 N–H and O–H groups in total. The number of benzene rings is 2. The van der Waals surface area contributed by atoms with Crippen molar-refractivity contribution in [2.75, 3.05) is 17.7 Å². The molecule has 10 heteroatoms. The molecule has 0 fully saturated rings. The number of carbonyl (C=O) groups excluding carboxylic acids is 1. The van der Waals surface area contributed by atoms with Gasteiger partial charge in [-0.15, -0.1) is 5.10 Å². The first kappa shape index (κ1) is 19.1. The van der Waals surface area contributed by atoms with Gasteiger partial charge in [0.1, 0.15) is 17.3 Å². The Bertz CT molecular complexity index is 953. The molecular formula is C17H15ClFN5O2S. The lowest BCUT2D eigenvalue weighted by molar-refractivity contribution is -0.113. The number of halogens is 2. The van der Waals surface area contributed by atoms with Crippen LogP contribution in [0.3, 0.4) is 0 Å². The van der Waals surface area contributed by atoms with Crippen molar-refractivity contribution in [3.63, 3.8) is 0 Å². The number of ether oxygens (including phenoxy) is 1. The van der Waals surface area contributed by atoms with E-state index in [4.69, 9.17) is 16.3 Å². The summed E-state index contributed by atoms with van der Waals surface area (Å²) < 4.78 is 20.2. The summed E-state index contributed by atoms with van der Waals surface area (Å²) in [6.45, 7) is 2.39. The molecule has 1 heterocycles. The Morgan fingerprint density at radius 1 is 1.33 bits per heavy atom. The minimum absolute atomic E-state index is 0.0465. The van der Waals surface area contributed by atoms with Crippen LogP contribution in [-0.2, 0) is 4.79 Å². The molecule has 7 nitrogen and oxygen atoms in total. The third kappa shape index (κ3) is 4.75. The Morgan fingerprint density at radius 2 is 2.15 bits per heavy atom. The highest BCUT2D eigenvalue weighted by atomic mass is 35.5. The Balaban J connectivity index is 1.69. The van der Waals surface area contributed by atoms with Crippen molar-refractivity contribution in [2.24, 2.45) is 0 Å². The number of tetrazole rings is 1. The average molecular weight is 408 g/mol. The van der Waals surface area contributed by atoms with Crippen molar-refractivity contribution in [1.29, 1.82) is 0 Å². The number of aromatic nitrogens is 4. The van der Waals surface area contributed by atoms with Crippen LogP contribution in [0, 0.1) is 5.82 Å². The second kappa shape index (κ2) is 8.83. The van der Waals surface area contributed by atoms with Crippen LogP contribution in [0.2, 0.25) is 5.02 Å². The minimum Gasteiger partial charge on any atom is -0.492 e. The number of anilines is 1. The molecule has 0 atom stereocenters. The molecule has 1 amide bonds. The van der Waals surface area contributed by atoms with Crippen LogP contribution in [0.1, 0.15) is 6.92 Å². The number of amides is 1. The fraction of sp³-hybridized carbons (Fsp3) is 0.176. The van der Waals surface area contributed by atoms with E-state index in [0.717, 1.165) is 17.8 Å². The van der Waals surface area contributed by atoms with E-state index in [0.29, 0.717) is 28.9 Å². The fourth-order valence-electron chi connectivity index (χ4n) is 2.24. The maximum Gasteiger partial charge on any atom is 0.234 e. The van der Waals surface area contributed by atoms with Gasteiger partial charge >= 0.3 is 0 Å². The van der Waals surface area contributed by atoms with Gasteiger partial charge in [-0.2, -0.15) is 4.68 Å². The molecule has 0 unspecified atom stereocenters. The zero-order valence-electron chi connectivity index (χ0n) is 14.2. The summed E-state index contributed by atoms with van der Waals surface area (Å²) in [5.41, 5.74) is 1.01. The maximum absolute atomic E-state index is 13.1. The second-order valence-corrected chi connectivity index (χ2v) is 6.58. The van der Waals surface area contributed by atoms with Gasteiger partial charge in [0.15, 0.2) is 0 Å². The molecule has 0 saturated heterocycles. The lowest BCUT2D eigenvalue weighted by atomic mass is 10.3. The summed E-state index contributed by atoms with van der Waals surface area (Å²) in [6.07, 6.45) is 0. The number of hydrogen-bond donors (Lipinski definition) is 1. The van der Waals surface area contributed by atoms with Gasteiger partial charge in [0, 0.05) is 0 Å². The minimum atomic E-state index is -0.473. The first-order chi connectivity index (χ1) is 13.1. The van der Waals surface area contributed by atoms with Crippen LogP contribution in [0.4, 0.5) is 10.1 Å². The van der Waals surface area contributed by atoms with Crippen LogP contribution in [0.15, 0.2) is 47.6 Å². The molecule has 0 aliphatic rings. The van der Waals surface area contributed by atoms with Crippen LogP contribution in [-0.4, -0.2) is 38.5 Å². The predicted octanol–water partition coefficient (Wildman–Crippen LogP) is 3.58. The predicted molar refractivity (Wildman–Crippen MR) is 101 cm³/mol. The lowest BCUT2D eigenvalue weighted by Crippen LogP contribution is -2.15. The van der Waals surface area contributed by atoms with Crippen LogP contribution < -0.4 is 10.1 Å². The lowest BCUT2D eigenvalue weighted by Gasteiger charge is -2.10. The number of nitrogens with one attached hydrogen (secondary N) is 1. The third-order valence-electron chi connectivity index (χ3n) is 3.37. The van der Waals surface area contributed by atoms with Crippen LogP contribution >= 0.6 is 23.4 Å². The van der Waals surface area contributed by atoms with Crippen LogP contribution in [0.25, 0.3) is 5.69 Å². The SMILES string of the molecule is CCOc1ccccc1-n1nnnc1SCC(=O)Nc1ccc(F)cc1Cl. The van der Waals surface area contributed by atoms with Gasteiger partial charge < -0.3 is 10.1 Å². The van der Waals surface area contributed by atoms with E-state index in [9.17, 15) is 9.18 Å². The smallest absolute Gasteiger partial charge is 0.234 e. The molecule has 3 rings (SSSR count). The van der Waals surface area contributed by atoms with E-state index in [1.54, 1.807) is 0 Å². The van der Waals surface area contributed by atoms with E-state index < -0.39 is 5.82 Å². The summed E-state index contributed by atoms with van der Waals surface area (Å²) in [7, 11) is 0. The summed E-state index contributed by atoms with van der Waals surface area (Å²) >= 11 is 7.07. The Hall–Kier alpha value is -2.65. The van der Waals surface area contributed by atoms with E-state index in [1.807, 2.05) is 31.2 Å². The Labute approximate surface area is 163 Å². The van der Waals surface area contributed by atoms with Crippen molar-refractivity contribution in [2.45, 2.75) is 12.1 Å². The third-order valence-corrected chi connectivity index (χ3v) is 4.60. The molecule has 0 spiro atoms. The molecule has 0 aliphatic heterocycles. The summed E-state index contributed by atoms with van der Waals surface area (Å²) in [4.78, 5) is 12.2. The molecule has 27 heavy (non-hydrogen) atoms. The average Bonchev–Trinajstić information content (AvgIpc) is 3.11. The highest BCUT2D eigenvalue weighted by molar-refractivity contribution is 7.99. The van der Waals surface area contributed by atoms with Gasteiger partial charge in [0.05, 0.1) is 23.1 Å². The Kier molecular flexibility index (Phi) is 6.25. The molecule has 0 saturated carbocycles. The van der Waals surface area contributed by atoms with Gasteiger partial charge in [0.2, 0.25) is 11.1 Å². The number of rotatable bonds is 7. The van der Waals surface area contributed by atoms with Crippen LogP contribution in [0.5, 0.6) is 5.75 Å². The van der Waals surface area contributed by atoms with Crippen molar-refractivity contribution in [1.82, 2.24) is 20.2 Å². The molecule has 0 radical (unpaired) electrons. The van der Waals surface area contributed by atoms with Crippen molar-refractivity contribution in [3.05, 3.63) is 53.3 Å². The van der Waals surface area contributed by atoms with Crippen molar-refractivity contribution >= 4 is 35.0 Å². The van der Waals surface area contributed by atoms with Crippen molar-refractivity contribution < 1.29 is 13.9 Å². The summed E-state index contributed by atoms with van der Waals surface area (Å²) in [6, 6.07) is 11.1. The van der Waals surface area contributed by atoms with Gasteiger partial charge in [-0.25, -0.2) is 4.39 Å². The molecule has 0 aliphatic carbocycles. The van der Waals surface area contributed by atoms with Gasteiger partial charge in [-0.05, 0) is 47.7 Å². The molecular weight excluding hydrogens is 393 g/mol. The number of para-hydroxylation sites is 2. The Morgan fingerprint density at radius 3 is 2.93 bits per heavy atom. The number of hydrogen-bond acceptors (Lipinski definition) is 6. The number of nitrogens with zero attached hydrogens (tertiary/aromatic N) is 4. The highest BCUT2D eigenvalue weighted by Crippen LogP contribution is 2.26. The highest BCUT2D eigenvalue weighted by Gasteiger charge is 2.15. The van der Waals surface area contributed by atoms with Gasteiger partial charge in [0.25, 0.3) is 0 Å². The first-order valence-electron chi connectivity index (χ1n) is 7.96. The zero-order chi connectivity index (χ0) is 19.2. The summed E-state index contributed by atoms with van der Waals surface area (Å²) in [5.74, 6) is -0.109. The standard InChI is InChI=1S/C17H15ClFN5O2S/c1-2-26-15-6-4-3-5-14(15)24-17(21-22-23-24)27-10-16(25)20-13-8-7-11(19)9-12(13)18/h3-9H,2,10H2,1H3,(H,20,25). The monoisotopic (exact) mass is 407 g/mol. The fourth-order valence-corrected chi connectivity index (χ4v) is 3.14. The number of thioether (sulfide) groups is 1. The summed E-state index contributed by atoms with van der Waals surface area (Å²) in [5, 5.41) is 14.8. The molecule has 1 aromatic heterocycles. The number of carbonyl (C=O) groups is 1. The normalized spacial score (nSPS) is 10.6. The topological polar surface area (TPSA) is 81.9 Å². The van der Waals surface area contributed by atoms with Crippen molar-refractivity contribution in [3.8, 4) is 11.4 Å². The van der Waals surface area contributed by atoms with E-state index in [2.05, 4.69) is 20.8 Å². The van der Waals surface area contributed by atoms with Gasteiger partial charge in [-0.3, -0.25) is 4.79 Å². The van der Waals surface area contributed by atoms with E-state index >= 15 is 0 Å². The van der Waals surface area contributed by atoms with E-state index in [-0.39, 0.29) is 16.7 Å². The molecule has 2 aromatic carbocycles. The quantitative estimate of drug-likeness (QED) is 0.603.